The van der Waals surface area contributed by atoms with Crippen molar-refractivity contribution in [1.82, 2.24) is 0 Å². The zero-order valence-electron chi connectivity index (χ0n) is 23.2. The molecule has 0 atom stereocenters. The minimum absolute atomic E-state index is 0.0691. The molecule has 1 aliphatic rings. The fourth-order valence-corrected chi connectivity index (χ4v) is 7.57. The number of furan rings is 1. The predicted octanol–water partition coefficient (Wildman–Crippen LogP) is 11.5. The Balaban J connectivity index is 1.41. The van der Waals surface area contributed by atoms with Crippen LogP contribution in [0.5, 0.6) is 11.5 Å². The molecule has 0 bridgehead atoms. The molecule has 9 aromatic rings. The number of fused-ring (bicyclic) bond motifs is 15. The number of rotatable bonds is 1. The van der Waals surface area contributed by atoms with Gasteiger partial charge in [-0.1, -0.05) is 127 Å². The number of hydrogen-bond acceptors (Lipinski definition) is 2. The van der Waals surface area contributed by atoms with Crippen molar-refractivity contribution in [2.45, 2.75) is 5.92 Å². The summed E-state index contributed by atoms with van der Waals surface area (Å²) < 4.78 is 13.6. The lowest BCUT2D eigenvalue weighted by Gasteiger charge is -2.33. The summed E-state index contributed by atoms with van der Waals surface area (Å²) in [6.45, 7) is 0. The predicted molar refractivity (Wildman–Crippen MR) is 178 cm³/mol. The van der Waals surface area contributed by atoms with E-state index in [1.165, 1.54) is 49.0 Å². The first-order valence-corrected chi connectivity index (χ1v) is 14.8. The monoisotopic (exact) mass is 548 g/mol. The Labute approximate surface area is 247 Å². The lowest BCUT2D eigenvalue weighted by Crippen LogP contribution is -2.14. The Kier molecular flexibility index (Phi) is 4.53. The van der Waals surface area contributed by atoms with E-state index in [-0.39, 0.29) is 5.92 Å². The molecule has 8 aromatic carbocycles. The number of hydrogen-bond donors (Lipinski definition) is 0. The lowest BCUT2D eigenvalue weighted by molar-refractivity contribution is 0.467. The van der Waals surface area contributed by atoms with Crippen LogP contribution in [0.15, 0.2) is 144 Å². The zero-order valence-corrected chi connectivity index (χ0v) is 23.2. The second kappa shape index (κ2) is 8.47. The van der Waals surface area contributed by atoms with E-state index in [9.17, 15) is 0 Å². The summed E-state index contributed by atoms with van der Waals surface area (Å²) in [5.41, 5.74) is 5.42. The SMILES string of the molecule is c1ccc2c(c1)oc1cc(C3c4c(c5ccccc5c5ccccc45)Oc4c3c3ccccc3c3ccccc43)ccc12. The Morgan fingerprint density at radius 2 is 0.767 bits per heavy atom. The second-order valence-corrected chi connectivity index (χ2v) is 11.6. The Bertz CT molecular complexity index is 2480. The van der Waals surface area contributed by atoms with Gasteiger partial charge in [0.05, 0.1) is 0 Å². The maximum absolute atomic E-state index is 7.18. The average molecular weight is 549 g/mol. The molecule has 0 unspecified atom stereocenters. The third kappa shape index (κ3) is 3.07. The van der Waals surface area contributed by atoms with E-state index in [0.29, 0.717) is 0 Å². The van der Waals surface area contributed by atoms with Crippen LogP contribution in [-0.4, -0.2) is 0 Å². The van der Waals surface area contributed by atoms with E-state index in [1.807, 2.05) is 12.1 Å². The zero-order chi connectivity index (χ0) is 28.1. The van der Waals surface area contributed by atoms with Crippen molar-refractivity contribution in [1.29, 1.82) is 0 Å². The number of benzene rings is 8. The van der Waals surface area contributed by atoms with E-state index in [2.05, 4.69) is 127 Å². The maximum atomic E-state index is 7.18. The van der Waals surface area contributed by atoms with Gasteiger partial charge in [0.25, 0.3) is 0 Å². The van der Waals surface area contributed by atoms with Crippen molar-refractivity contribution < 1.29 is 9.15 Å². The fourth-order valence-electron chi connectivity index (χ4n) is 7.57. The highest BCUT2D eigenvalue weighted by molar-refractivity contribution is 6.17. The summed E-state index contributed by atoms with van der Waals surface area (Å²) in [6, 6.07) is 49.9. The molecule has 10 rings (SSSR count). The van der Waals surface area contributed by atoms with Gasteiger partial charge in [-0.2, -0.15) is 0 Å². The van der Waals surface area contributed by atoms with Gasteiger partial charge in [-0.25, -0.2) is 0 Å². The highest BCUT2D eigenvalue weighted by Gasteiger charge is 2.35. The first-order chi connectivity index (χ1) is 21.3. The van der Waals surface area contributed by atoms with E-state index in [1.54, 1.807) is 0 Å². The summed E-state index contributed by atoms with van der Waals surface area (Å²) in [5, 5.41) is 11.9. The van der Waals surface area contributed by atoms with Crippen LogP contribution in [0.4, 0.5) is 0 Å². The molecule has 1 aromatic heterocycles. The van der Waals surface area contributed by atoms with Gasteiger partial charge in [-0.05, 0) is 50.0 Å². The first-order valence-electron chi connectivity index (χ1n) is 14.8. The lowest BCUT2D eigenvalue weighted by atomic mass is 9.76. The van der Waals surface area contributed by atoms with Gasteiger partial charge in [0.1, 0.15) is 22.7 Å². The molecular formula is C41H24O2. The third-order valence-corrected chi connectivity index (χ3v) is 9.37. The molecule has 2 heteroatoms. The third-order valence-electron chi connectivity index (χ3n) is 9.37. The summed E-state index contributed by atoms with van der Waals surface area (Å²) in [5.74, 6) is 1.81. The summed E-state index contributed by atoms with van der Waals surface area (Å²) >= 11 is 0. The summed E-state index contributed by atoms with van der Waals surface area (Å²) in [4.78, 5) is 0. The molecule has 0 spiro atoms. The van der Waals surface area contributed by atoms with Crippen molar-refractivity contribution in [2.24, 2.45) is 0 Å². The van der Waals surface area contributed by atoms with Crippen LogP contribution in [0.2, 0.25) is 0 Å². The van der Waals surface area contributed by atoms with Gasteiger partial charge < -0.3 is 9.15 Å². The quantitative estimate of drug-likeness (QED) is 0.190. The Morgan fingerprint density at radius 3 is 1.33 bits per heavy atom. The highest BCUT2D eigenvalue weighted by Crippen LogP contribution is 2.57. The van der Waals surface area contributed by atoms with Crippen LogP contribution < -0.4 is 4.74 Å². The van der Waals surface area contributed by atoms with E-state index in [4.69, 9.17) is 9.15 Å². The van der Waals surface area contributed by atoms with Crippen molar-refractivity contribution in [2.75, 3.05) is 0 Å². The standard InChI is InChI=1S/C41H24O2/c1-5-16-31-25(11-1)27-13-3-7-18-33(27)40-38(31)37(24-21-22-30-29-15-9-10-20-35(29)42-36(30)23-24)39-32-17-6-2-12-26(32)28-14-4-8-19-34(28)41(39)43-40/h1-23,37H. The van der Waals surface area contributed by atoms with Crippen LogP contribution in [0.25, 0.3) is 65.0 Å². The van der Waals surface area contributed by atoms with Gasteiger partial charge in [0.2, 0.25) is 0 Å². The van der Waals surface area contributed by atoms with Crippen LogP contribution >= 0.6 is 0 Å². The van der Waals surface area contributed by atoms with Crippen LogP contribution in [0.3, 0.4) is 0 Å². The van der Waals surface area contributed by atoms with Crippen molar-refractivity contribution in [3.63, 3.8) is 0 Å². The van der Waals surface area contributed by atoms with Gasteiger partial charge in [-0.3, -0.25) is 0 Å². The van der Waals surface area contributed by atoms with Gasteiger partial charge >= 0.3 is 0 Å². The maximum Gasteiger partial charge on any atom is 0.140 e. The van der Waals surface area contributed by atoms with Gasteiger partial charge in [0.15, 0.2) is 0 Å². The molecular weight excluding hydrogens is 524 g/mol. The molecule has 0 N–H and O–H groups in total. The molecule has 0 radical (unpaired) electrons. The summed E-state index contributed by atoms with van der Waals surface area (Å²) in [6.07, 6.45) is 0. The summed E-state index contributed by atoms with van der Waals surface area (Å²) in [7, 11) is 0. The molecule has 0 saturated carbocycles. The van der Waals surface area contributed by atoms with E-state index >= 15 is 0 Å². The minimum atomic E-state index is -0.0691. The van der Waals surface area contributed by atoms with Crippen molar-refractivity contribution in [3.8, 4) is 11.5 Å². The highest BCUT2D eigenvalue weighted by atomic mass is 16.5. The molecule has 43 heavy (non-hydrogen) atoms. The molecule has 2 nitrogen and oxygen atoms in total. The van der Waals surface area contributed by atoms with Gasteiger partial charge in [-0.15, -0.1) is 0 Å². The number of ether oxygens (including phenoxy) is 1. The molecule has 200 valence electrons. The van der Waals surface area contributed by atoms with Crippen molar-refractivity contribution >= 4 is 65.0 Å². The largest absolute Gasteiger partial charge is 0.456 e. The smallest absolute Gasteiger partial charge is 0.140 e. The molecule has 0 amide bonds. The van der Waals surface area contributed by atoms with Crippen LogP contribution in [-0.2, 0) is 0 Å². The average Bonchev–Trinajstić information content (AvgIpc) is 3.45. The fraction of sp³-hybridized carbons (Fsp3) is 0.0244. The molecule has 0 saturated heterocycles. The minimum Gasteiger partial charge on any atom is -0.456 e. The Hall–Kier alpha value is -5.60. The van der Waals surface area contributed by atoms with Crippen molar-refractivity contribution in [3.05, 3.63) is 156 Å². The molecule has 1 aliphatic heterocycles. The molecule has 2 heterocycles. The van der Waals surface area contributed by atoms with Crippen LogP contribution in [0.1, 0.15) is 22.6 Å². The van der Waals surface area contributed by atoms with Crippen LogP contribution in [0, 0.1) is 0 Å². The Morgan fingerprint density at radius 1 is 0.349 bits per heavy atom. The molecule has 0 aliphatic carbocycles. The van der Waals surface area contributed by atoms with E-state index < -0.39 is 0 Å². The first kappa shape index (κ1) is 23.0. The van der Waals surface area contributed by atoms with E-state index in [0.717, 1.165) is 44.2 Å². The normalized spacial score (nSPS) is 13.2. The topological polar surface area (TPSA) is 22.4 Å². The number of para-hydroxylation sites is 1. The molecule has 0 fully saturated rings. The van der Waals surface area contributed by atoms with Gasteiger partial charge in [0, 0.05) is 38.6 Å². The second-order valence-electron chi connectivity index (χ2n) is 11.6.